The average Bonchev–Trinajstić information content (AvgIpc) is 3.09. The van der Waals surface area contributed by atoms with Crippen LogP contribution in [0.15, 0.2) is 23.0 Å². The second-order valence-corrected chi connectivity index (χ2v) is 8.64. The predicted molar refractivity (Wildman–Crippen MR) is 94.5 cm³/mol. The van der Waals surface area contributed by atoms with Crippen molar-refractivity contribution in [3.05, 3.63) is 24.2 Å². The van der Waals surface area contributed by atoms with Crippen molar-refractivity contribution in [3.8, 4) is 0 Å². The third-order valence-corrected chi connectivity index (χ3v) is 7.63. The third kappa shape index (κ3) is 2.80. The van der Waals surface area contributed by atoms with Crippen LogP contribution < -0.4 is 0 Å². The van der Waals surface area contributed by atoms with Crippen LogP contribution in [0.5, 0.6) is 0 Å². The summed E-state index contributed by atoms with van der Waals surface area (Å²) >= 11 is 0. The largest absolute Gasteiger partial charge is 0.472 e. The Morgan fingerprint density at radius 3 is 2.79 bits per heavy atom. The van der Waals surface area contributed by atoms with Crippen LogP contribution in [0.1, 0.15) is 64.9 Å². The van der Waals surface area contributed by atoms with Gasteiger partial charge in [0.1, 0.15) is 0 Å². The fourth-order valence-corrected chi connectivity index (χ4v) is 5.86. The molecule has 2 saturated carbocycles. The van der Waals surface area contributed by atoms with E-state index >= 15 is 0 Å². The predicted octanol–water partition coefficient (Wildman–Crippen LogP) is 5.24. The zero-order chi connectivity index (χ0) is 17.4. The second-order valence-electron chi connectivity index (χ2n) is 8.64. The summed E-state index contributed by atoms with van der Waals surface area (Å²) in [6, 6.07) is 2.08. The van der Waals surface area contributed by atoms with Crippen molar-refractivity contribution in [1.82, 2.24) is 0 Å². The molecule has 3 rings (SSSR count). The molecule has 0 spiro atoms. The van der Waals surface area contributed by atoms with Crippen LogP contribution in [0.3, 0.4) is 0 Å². The van der Waals surface area contributed by atoms with Crippen molar-refractivity contribution in [3.63, 3.8) is 0 Å². The first-order valence-corrected chi connectivity index (χ1v) is 9.50. The molecule has 0 bridgehead atoms. The van der Waals surface area contributed by atoms with Gasteiger partial charge in [-0.2, -0.15) is 0 Å². The quantitative estimate of drug-likeness (QED) is 0.707. The molecule has 2 fully saturated rings. The van der Waals surface area contributed by atoms with Gasteiger partial charge in [-0.25, -0.2) is 0 Å². The maximum absolute atomic E-state index is 12.4. The number of ether oxygens (including phenoxy) is 1. The first-order chi connectivity index (χ1) is 11.4. The summed E-state index contributed by atoms with van der Waals surface area (Å²) in [6.07, 6.45) is 11.6. The van der Waals surface area contributed by atoms with E-state index in [1.807, 2.05) is 6.26 Å². The highest BCUT2D eigenvalue weighted by atomic mass is 16.5. The van der Waals surface area contributed by atoms with Crippen LogP contribution in [0.25, 0.3) is 0 Å². The van der Waals surface area contributed by atoms with Gasteiger partial charge in [0, 0.05) is 0 Å². The SMILES string of the molecule is COC(=O)[C@H]1CCC[C@H]2[C@@](C)(CCc3ccoc3)[C@H](C)CC[C@]21C. The lowest BCUT2D eigenvalue weighted by molar-refractivity contribution is -0.167. The highest BCUT2D eigenvalue weighted by Crippen LogP contribution is 2.63. The van der Waals surface area contributed by atoms with E-state index < -0.39 is 0 Å². The summed E-state index contributed by atoms with van der Waals surface area (Å²) < 4.78 is 10.4. The van der Waals surface area contributed by atoms with Gasteiger partial charge in [0.2, 0.25) is 0 Å². The van der Waals surface area contributed by atoms with E-state index in [4.69, 9.17) is 9.15 Å². The van der Waals surface area contributed by atoms with Crippen LogP contribution in [0.2, 0.25) is 0 Å². The first kappa shape index (κ1) is 17.6. The van der Waals surface area contributed by atoms with E-state index in [2.05, 4.69) is 26.8 Å². The van der Waals surface area contributed by atoms with Gasteiger partial charge in [-0.3, -0.25) is 4.79 Å². The highest BCUT2D eigenvalue weighted by molar-refractivity contribution is 5.73. The minimum Gasteiger partial charge on any atom is -0.472 e. The number of hydrogen-bond acceptors (Lipinski definition) is 3. The lowest BCUT2D eigenvalue weighted by Crippen LogP contribution is -2.54. The number of hydrogen-bond donors (Lipinski definition) is 0. The molecule has 3 nitrogen and oxygen atoms in total. The molecule has 0 aromatic carbocycles. The van der Waals surface area contributed by atoms with Crippen LogP contribution in [0, 0.1) is 28.6 Å². The minimum absolute atomic E-state index is 0.00828. The molecule has 0 radical (unpaired) electrons. The Hall–Kier alpha value is -1.25. The van der Waals surface area contributed by atoms with Crippen LogP contribution in [-0.4, -0.2) is 13.1 Å². The summed E-state index contributed by atoms with van der Waals surface area (Å²) in [5.74, 6) is 1.37. The zero-order valence-corrected chi connectivity index (χ0v) is 15.6. The molecular weight excluding hydrogens is 300 g/mol. The zero-order valence-electron chi connectivity index (χ0n) is 15.6. The molecular formula is C21H32O3. The molecule has 1 aromatic rings. The Labute approximate surface area is 146 Å². The molecule has 2 aliphatic carbocycles. The van der Waals surface area contributed by atoms with Crippen molar-refractivity contribution < 1.29 is 13.9 Å². The maximum atomic E-state index is 12.4. The standard InChI is InChI=1S/C21H32O3/c1-15-8-11-21(3)17(19(22)23-4)6-5-7-18(21)20(15,2)12-9-16-10-13-24-14-16/h10,13-15,17-18H,5-9,11-12H2,1-4H3/t15-,17-,18+,20+,21+/m1/s1. The molecule has 2 aliphatic rings. The molecule has 1 aromatic heterocycles. The molecule has 24 heavy (non-hydrogen) atoms. The van der Waals surface area contributed by atoms with E-state index in [1.54, 1.807) is 13.4 Å². The van der Waals surface area contributed by atoms with Gasteiger partial charge in [-0.1, -0.05) is 27.2 Å². The van der Waals surface area contributed by atoms with Gasteiger partial charge in [-0.15, -0.1) is 0 Å². The molecule has 1 heterocycles. The average molecular weight is 332 g/mol. The summed E-state index contributed by atoms with van der Waals surface area (Å²) in [4.78, 5) is 12.4. The van der Waals surface area contributed by atoms with Crippen molar-refractivity contribution in [2.45, 2.75) is 65.7 Å². The van der Waals surface area contributed by atoms with Gasteiger partial charge < -0.3 is 9.15 Å². The number of esters is 1. The van der Waals surface area contributed by atoms with Crippen LogP contribution in [0.4, 0.5) is 0 Å². The van der Waals surface area contributed by atoms with Crippen molar-refractivity contribution in [2.75, 3.05) is 7.11 Å². The third-order valence-electron chi connectivity index (χ3n) is 7.63. The summed E-state index contributed by atoms with van der Waals surface area (Å²) in [7, 11) is 1.54. The number of carbonyl (C=O) groups excluding carboxylic acids is 1. The monoisotopic (exact) mass is 332 g/mol. The Kier molecular flexibility index (Phi) is 4.81. The maximum Gasteiger partial charge on any atom is 0.309 e. The normalized spacial score (nSPS) is 39.2. The molecule has 3 heteroatoms. The Balaban J connectivity index is 1.86. The number of furan rings is 1. The smallest absolute Gasteiger partial charge is 0.309 e. The van der Waals surface area contributed by atoms with Gasteiger partial charge in [0.25, 0.3) is 0 Å². The summed E-state index contributed by atoms with van der Waals surface area (Å²) in [6.45, 7) is 7.25. The Morgan fingerprint density at radius 1 is 1.33 bits per heavy atom. The van der Waals surface area contributed by atoms with E-state index in [-0.39, 0.29) is 22.7 Å². The highest BCUT2D eigenvalue weighted by Gasteiger charge is 2.57. The molecule has 0 unspecified atom stereocenters. The number of aryl methyl sites for hydroxylation is 1. The summed E-state index contributed by atoms with van der Waals surface area (Å²) in [5, 5.41) is 0. The molecule has 0 aliphatic heterocycles. The Bertz CT molecular complexity index is 564. The molecule has 5 atom stereocenters. The van der Waals surface area contributed by atoms with Crippen LogP contribution >= 0.6 is 0 Å². The Morgan fingerprint density at radius 2 is 2.12 bits per heavy atom. The lowest BCUT2D eigenvalue weighted by Gasteiger charge is -2.60. The molecule has 134 valence electrons. The number of carbonyl (C=O) groups is 1. The van der Waals surface area contributed by atoms with Gasteiger partial charge in [-0.05, 0) is 72.8 Å². The van der Waals surface area contributed by atoms with Crippen molar-refractivity contribution in [2.24, 2.45) is 28.6 Å². The topological polar surface area (TPSA) is 39.4 Å². The minimum atomic E-state index is 0.00828. The van der Waals surface area contributed by atoms with Gasteiger partial charge in [0.15, 0.2) is 0 Å². The van der Waals surface area contributed by atoms with Crippen LogP contribution in [-0.2, 0) is 16.0 Å². The number of fused-ring (bicyclic) bond motifs is 1. The van der Waals surface area contributed by atoms with E-state index in [0.717, 1.165) is 25.7 Å². The van der Waals surface area contributed by atoms with Crippen molar-refractivity contribution >= 4 is 5.97 Å². The fourth-order valence-electron chi connectivity index (χ4n) is 5.86. The molecule has 0 N–H and O–H groups in total. The molecule has 0 amide bonds. The van der Waals surface area contributed by atoms with E-state index in [1.165, 1.54) is 24.8 Å². The first-order valence-electron chi connectivity index (χ1n) is 9.50. The molecule has 0 saturated heterocycles. The fraction of sp³-hybridized carbons (Fsp3) is 0.762. The number of methoxy groups -OCH3 is 1. The lowest BCUT2D eigenvalue weighted by atomic mass is 9.44. The number of rotatable bonds is 4. The van der Waals surface area contributed by atoms with Gasteiger partial charge in [0.05, 0.1) is 25.6 Å². The second kappa shape index (κ2) is 6.57. The summed E-state index contributed by atoms with van der Waals surface area (Å²) in [5.41, 5.74) is 1.65. The van der Waals surface area contributed by atoms with Crippen molar-refractivity contribution in [1.29, 1.82) is 0 Å². The van der Waals surface area contributed by atoms with E-state index in [0.29, 0.717) is 11.8 Å². The van der Waals surface area contributed by atoms with E-state index in [9.17, 15) is 4.79 Å². The van der Waals surface area contributed by atoms with Gasteiger partial charge >= 0.3 is 5.97 Å².